The van der Waals surface area contributed by atoms with Crippen molar-refractivity contribution in [2.45, 2.75) is 0 Å². The average molecular weight is 368 g/mol. The molecule has 6 nitrogen and oxygen atoms in total. The van der Waals surface area contributed by atoms with Crippen molar-refractivity contribution >= 4 is 0 Å². The summed E-state index contributed by atoms with van der Waals surface area (Å²) < 4.78 is 44.8. The highest BCUT2D eigenvalue weighted by atomic mass is 19.1. The molecule has 2 rings (SSSR count). The lowest BCUT2D eigenvalue weighted by Crippen LogP contribution is -2.09. The molecule has 0 atom stereocenters. The van der Waals surface area contributed by atoms with Gasteiger partial charge in [0.1, 0.15) is 26.6 Å². The van der Waals surface area contributed by atoms with Crippen LogP contribution in [0.4, 0.5) is 8.78 Å². The van der Waals surface area contributed by atoms with Gasteiger partial charge in [0.05, 0.1) is 37.8 Å². The summed E-state index contributed by atoms with van der Waals surface area (Å²) in [7, 11) is 0. The first-order valence-corrected chi connectivity index (χ1v) is 8.31. The molecule has 142 valence electrons. The van der Waals surface area contributed by atoms with E-state index in [1.807, 2.05) is 12.1 Å². The second-order valence-corrected chi connectivity index (χ2v) is 5.02. The number of hydrogen-bond acceptors (Lipinski definition) is 6. The van der Waals surface area contributed by atoms with Gasteiger partial charge in [0.25, 0.3) is 0 Å². The van der Waals surface area contributed by atoms with E-state index in [4.69, 9.17) is 18.9 Å². The van der Waals surface area contributed by atoms with Crippen LogP contribution in [0.15, 0.2) is 36.4 Å². The van der Waals surface area contributed by atoms with E-state index in [1.54, 1.807) is 24.3 Å². The highest BCUT2D eigenvalue weighted by Gasteiger charge is 2.05. The first-order valence-electron chi connectivity index (χ1n) is 8.31. The molecule has 26 heavy (non-hydrogen) atoms. The fraction of sp³-hybridized carbons (Fsp3) is 0.444. The zero-order valence-corrected chi connectivity index (χ0v) is 14.4. The number of halogens is 2. The molecule has 0 spiro atoms. The molecule has 0 aromatic carbocycles. The lowest BCUT2D eigenvalue weighted by atomic mass is 10.2. The third-order valence-corrected chi connectivity index (χ3v) is 3.11. The van der Waals surface area contributed by atoms with Crippen LogP contribution in [0, 0.1) is 0 Å². The maximum atomic E-state index is 11.9. The SMILES string of the molecule is FCCOCCOc1cccc(-c2cccc(OCCOCCF)n2)n1. The van der Waals surface area contributed by atoms with Gasteiger partial charge in [-0.15, -0.1) is 0 Å². The summed E-state index contributed by atoms with van der Waals surface area (Å²) in [6.45, 7) is 0.250. The zero-order valence-electron chi connectivity index (χ0n) is 14.4. The second kappa shape index (κ2) is 12.1. The van der Waals surface area contributed by atoms with Gasteiger partial charge >= 0.3 is 0 Å². The van der Waals surface area contributed by atoms with E-state index in [-0.39, 0.29) is 26.4 Å². The van der Waals surface area contributed by atoms with E-state index < -0.39 is 13.3 Å². The lowest BCUT2D eigenvalue weighted by Gasteiger charge is -2.09. The molecule has 0 radical (unpaired) electrons. The number of aromatic nitrogens is 2. The van der Waals surface area contributed by atoms with Crippen molar-refractivity contribution in [3.63, 3.8) is 0 Å². The molecule has 0 unspecified atom stereocenters. The van der Waals surface area contributed by atoms with Crippen LogP contribution < -0.4 is 9.47 Å². The summed E-state index contributed by atoms with van der Waals surface area (Å²) in [5, 5.41) is 0. The van der Waals surface area contributed by atoms with Gasteiger partial charge < -0.3 is 18.9 Å². The van der Waals surface area contributed by atoms with E-state index in [0.717, 1.165) is 0 Å². The van der Waals surface area contributed by atoms with Gasteiger partial charge in [-0.1, -0.05) is 12.1 Å². The van der Waals surface area contributed by atoms with Crippen LogP contribution in [0.25, 0.3) is 11.4 Å². The van der Waals surface area contributed by atoms with Crippen molar-refractivity contribution in [1.29, 1.82) is 0 Å². The minimum atomic E-state index is -0.514. The minimum Gasteiger partial charge on any atom is -0.475 e. The van der Waals surface area contributed by atoms with Gasteiger partial charge in [0.2, 0.25) is 11.8 Å². The van der Waals surface area contributed by atoms with Crippen LogP contribution in [0.3, 0.4) is 0 Å². The van der Waals surface area contributed by atoms with E-state index in [9.17, 15) is 8.78 Å². The Kier molecular flexibility index (Phi) is 9.31. The van der Waals surface area contributed by atoms with Crippen molar-refractivity contribution < 1.29 is 27.7 Å². The van der Waals surface area contributed by atoms with Crippen LogP contribution in [0.2, 0.25) is 0 Å². The monoisotopic (exact) mass is 368 g/mol. The minimum absolute atomic E-state index is 0.0619. The number of rotatable bonds is 13. The Labute approximate surface area is 151 Å². The van der Waals surface area contributed by atoms with Crippen LogP contribution in [-0.2, 0) is 9.47 Å². The van der Waals surface area contributed by atoms with Gasteiger partial charge in [-0.05, 0) is 12.1 Å². The van der Waals surface area contributed by atoms with E-state index in [1.165, 1.54) is 0 Å². The first-order chi connectivity index (χ1) is 12.8. The smallest absolute Gasteiger partial charge is 0.213 e. The van der Waals surface area contributed by atoms with Crippen LogP contribution in [0.5, 0.6) is 11.8 Å². The Hall–Kier alpha value is -2.32. The van der Waals surface area contributed by atoms with Crippen molar-refractivity contribution in [2.24, 2.45) is 0 Å². The fourth-order valence-electron chi connectivity index (χ4n) is 2.00. The maximum Gasteiger partial charge on any atom is 0.213 e. The molecule has 0 saturated carbocycles. The normalized spacial score (nSPS) is 10.7. The van der Waals surface area contributed by atoms with Crippen LogP contribution in [0.1, 0.15) is 0 Å². The summed E-state index contributed by atoms with van der Waals surface area (Å²) in [6.07, 6.45) is 0. The molecule has 0 aliphatic carbocycles. The quantitative estimate of drug-likeness (QED) is 0.507. The zero-order chi connectivity index (χ0) is 18.5. The van der Waals surface area contributed by atoms with Gasteiger partial charge in [-0.25, -0.2) is 18.7 Å². The summed E-state index contributed by atoms with van der Waals surface area (Å²) in [5.41, 5.74) is 1.26. The largest absolute Gasteiger partial charge is 0.475 e. The highest BCUT2D eigenvalue weighted by Crippen LogP contribution is 2.20. The van der Waals surface area contributed by atoms with Gasteiger partial charge in [0, 0.05) is 12.1 Å². The van der Waals surface area contributed by atoms with Crippen molar-refractivity contribution in [3.8, 4) is 23.1 Å². The van der Waals surface area contributed by atoms with Crippen molar-refractivity contribution in [3.05, 3.63) is 36.4 Å². The Morgan fingerprint density at radius 3 is 1.50 bits per heavy atom. The summed E-state index contributed by atoms with van der Waals surface area (Å²) >= 11 is 0. The second-order valence-electron chi connectivity index (χ2n) is 5.02. The molecule has 0 aliphatic rings. The predicted molar refractivity (Wildman–Crippen MR) is 92.0 cm³/mol. The standard InChI is InChI=1S/C18H22F2N2O4/c19-7-9-23-11-13-25-17-5-1-3-15(21-17)16-4-2-6-18(22-16)26-14-12-24-10-8-20/h1-6H,7-14H2. The number of pyridine rings is 2. The molecule has 0 bridgehead atoms. The third kappa shape index (κ3) is 7.28. The predicted octanol–water partition coefficient (Wildman–Crippen LogP) is 2.87. The molecule has 0 amide bonds. The molecule has 0 aliphatic heterocycles. The number of alkyl halides is 2. The fourth-order valence-corrected chi connectivity index (χ4v) is 2.00. The molecule has 8 heteroatoms. The highest BCUT2D eigenvalue weighted by molar-refractivity contribution is 5.55. The molecule has 2 heterocycles. The van der Waals surface area contributed by atoms with E-state index in [2.05, 4.69) is 9.97 Å². The molecule has 0 N–H and O–H groups in total. The molecule has 0 saturated heterocycles. The molecule has 2 aromatic rings. The van der Waals surface area contributed by atoms with Crippen LogP contribution in [-0.4, -0.2) is 63.0 Å². The Morgan fingerprint density at radius 1 is 0.615 bits per heavy atom. The topological polar surface area (TPSA) is 62.7 Å². The maximum absolute atomic E-state index is 11.9. The first kappa shape index (κ1) is 20.0. The molecular formula is C18H22F2N2O4. The Bertz CT molecular complexity index is 591. The number of hydrogen-bond donors (Lipinski definition) is 0. The Balaban J connectivity index is 1.89. The summed E-state index contributed by atoms with van der Waals surface area (Å²) in [6, 6.07) is 10.7. The third-order valence-electron chi connectivity index (χ3n) is 3.11. The van der Waals surface area contributed by atoms with Crippen molar-refractivity contribution in [1.82, 2.24) is 9.97 Å². The lowest BCUT2D eigenvalue weighted by molar-refractivity contribution is 0.0883. The molecular weight excluding hydrogens is 346 g/mol. The van der Waals surface area contributed by atoms with Gasteiger partial charge in [0.15, 0.2) is 0 Å². The van der Waals surface area contributed by atoms with Crippen LogP contribution >= 0.6 is 0 Å². The van der Waals surface area contributed by atoms with Gasteiger partial charge in [-0.2, -0.15) is 0 Å². The average Bonchev–Trinajstić information content (AvgIpc) is 2.68. The Morgan fingerprint density at radius 2 is 1.08 bits per heavy atom. The number of nitrogens with zero attached hydrogens (tertiary/aromatic N) is 2. The van der Waals surface area contributed by atoms with E-state index in [0.29, 0.717) is 36.4 Å². The van der Waals surface area contributed by atoms with Crippen molar-refractivity contribution in [2.75, 3.05) is 53.0 Å². The number of ether oxygens (including phenoxy) is 4. The van der Waals surface area contributed by atoms with Gasteiger partial charge in [-0.3, -0.25) is 0 Å². The summed E-state index contributed by atoms with van der Waals surface area (Å²) in [4.78, 5) is 8.77. The van der Waals surface area contributed by atoms with E-state index >= 15 is 0 Å². The summed E-state index contributed by atoms with van der Waals surface area (Å²) in [5.74, 6) is 0.859. The molecule has 0 fully saturated rings. The molecule has 2 aromatic heterocycles.